The average molecular weight is 316 g/mol. The fraction of sp³-hybridized carbons (Fsp3) is 0.412. The minimum Gasteiger partial charge on any atom is -0.356 e. The third kappa shape index (κ3) is 3.30. The van der Waals surface area contributed by atoms with Crippen molar-refractivity contribution >= 4 is 33.2 Å². The van der Waals surface area contributed by atoms with Crippen molar-refractivity contribution in [2.75, 3.05) is 19.6 Å². The highest BCUT2D eigenvalue weighted by molar-refractivity contribution is 7.20. The Kier molecular flexibility index (Phi) is 4.43. The highest BCUT2D eigenvalue weighted by Gasteiger charge is 2.24. The van der Waals surface area contributed by atoms with Crippen LogP contribution in [-0.2, 0) is 4.79 Å². The van der Waals surface area contributed by atoms with Crippen molar-refractivity contribution in [2.24, 2.45) is 5.92 Å². The quantitative estimate of drug-likeness (QED) is 0.946. The maximum absolute atomic E-state index is 12.6. The molecule has 1 aromatic heterocycles. The topological polar surface area (TPSA) is 49.4 Å². The molecule has 0 bridgehead atoms. The smallest absolute Gasteiger partial charge is 0.263 e. The summed E-state index contributed by atoms with van der Waals surface area (Å²) in [5.41, 5.74) is 0. The molecule has 0 radical (unpaired) electrons. The SMILES string of the molecule is CC(=O)NCC1CCN(C(=O)c2cc3ccccc3s2)CC1. The van der Waals surface area contributed by atoms with Crippen LogP contribution in [-0.4, -0.2) is 36.3 Å². The summed E-state index contributed by atoms with van der Waals surface area (Å²) >= 11 is 1.57. The van der Waals surface area contributed by atoms with E-state index in [9.17, 15) is 9.59 Å². The van der Waals surface area contributed by atoms with Gasteiger partial charge in [-0.3, -0.25) is 9.59 Å². The van der Waals surface area contributed by atoms with E-state index in [0.717, 1.165) is 47.4 Å². The molecule has 2 heterocycles. The molecule has 116 valence electrons. The van der Waals surface area contributed by atoms with E-state index < -0.39 is 0 Å². The van der Waals surface area contributed by atoms with Crippen LogP contribution >= 0.6 is 11.3 Å². The molecular weight excluding hydrogens is 296 g/mol. The Morgan fingerprint density at radius 3 is 2.68 bits per heavy atom. The number of nitrogens with zero attached hydrogens (tertiary/aromatic N) is 1. The summed E-state index contributed by atoms with van der Waals surface area (Å²) in [7, 11) is 0. The molecule has 0 unspecified atom stereocenters. The van der Waals surface area contributed by atoms with Crippen LogP contribution in [0.25, 0.3) is 10.1 Å². The third-order valence-electron chi connectivity index (χ3n) is 4.18. The molecule has 2 aromatic rings. The van der Waals surface area contributed by atoms with Crippen LogP contribution in [0.4, 0.5) is 0 Å². The van der Waals surface area contributed by atoms with Crippen molar-refractivity contribution in [3.8, 4) is 0 Å². The van der Waals surface area contributed by atoms with Gasteiger partial charge in [0.15, 0.2) is 0 Å². The zero-order valence-corrected chi connectivity index (χ0v) is 13.5. The molecule has 1 aromatic carbocycles. The predicted molar refractivity (Wildman–Crippen MR) is 89.1 cm³/mol. The Bertz CT molecular complexity index is 654. The van der Waals surface area contributed by atoms with E-state index in [-0.39, 0.29) is 11.8 Å². The summed E-state index contributed by atoms with van der Waals surface area (Å²) in [6, 6.07) is 10.1. The first-order valence-corrected chi connectivity index (χ1v) is 8.47. The Balaban J connectivity index is 1.61. The molecule has 2 amide bonds. The van der Waals surface area contributed by atoms with Gasteiger partial charge < -0.3 is 10.2 Å². The summed E-state index contributed by atoms with van der Waals surface area (Å²) in [5, 5.41) is 4.00. The van der Waals surface area contributed by atoms with Crippen LogP contribution in [0, 0.1) is 5.92 Å². The molecule has 0 spiro atoms. The van der Waals surface area contributed by atoms with E-state index in [4.69, 9.17) is 0 Å². The summed E-state index contributed by atoms with van der Waals surface area (Å²) in [6.07, 6.45) is 1.91. The van der Waals surface area contributed by atoms with E-state index in [1.54, 1.807) is 18.3 Å². The van der Waals surface area contributed by atoms with Gasteiger partial charge in [-0.2, -0.15) is 0 Å². The molecule has 0 aliphatic carbocycles. The molecule has 0 saturated carbocycles. The number of benzene rings is 1. The van der Waals surface area contributed by atoms with E-state index in [0.29, 0.717) is 5.92 Å². The van der Waals surface area contributed by atoms with E-state index in [2.05, 4.69) is 11.4 Å². The van der Waals surface area contributed by atoms with Crippen LogP contribution in [0.3, 0.4) is 0 Å². The van der Waals surface area contributed by atoms with Gasteiger partial charge in [-0.1, -0.05) is 18.2 Å². The first-order chi connectivity index (χ1) is 10.6. The zero-order chi connectivity index (χ0) is 15.5. The predicted octanol–water partition coefficient (Wildman–Crippen LogP) is 2.89. The Hall–Kier alpha value is -1.88. The molecule has 5 heteroatoms. The molecule has 22 heavy (non-hydrogen) atoms. The monoisotopic (exact) mass is 316 g/mol. The van der Waals surface area contributed by atoms with E-state index in [1.807, 2.05) is 29.2 Å². The number of likely N-dealkylation sites (tertiary alicyclic amines) is 1. The number of carbonyl (C=O) groups excluding carboxylic acids is 2. The minimum absolute atomic E-state index is 0.0174. The fourth-order valence-electron chi connectivity index (χ4n) is 2.87. The Morgan fingerprint density at radius 2 is 2.00 bits per heavy atom. The highest BCUT2D eigenvalue weighted by Crippen LogP contribution is 2.27. The van der Waals surface area contributed by atoms with Gasteiger partial charge in [0.1, 0.15) is 0 Å². The van der Waals surface area contributed by atoms with E-state index >= 15 is 0 Å². The van der Waals surface area contributed by atoms with Gasteiger partial charge in [0.05, 0.1) is 4.88 Å². The van der Waals surface area contributed by atoms with Crippen LogP contribution in [0.2, 0.25) is 0 Å². The van der Waals surface area contributed by atoms with E-state index in [1.165, 1.54) is 0 Å². The number of amides is 2. The molecular formula is C17H20N2O2S. The largest absolute Gasteiger partial charge is 0.356 e. The molecule has 1 aliphatic heterocycles. The Morgan fingerprint density at radius 1 is 1.27 bits per heavy atom. The molecule has 1 fully saturated rings. The van der Waals surface area contributed by atoms with Crippen molar-refractivity contribution < 1.29 is 9.59 Å². The van der Waals surface area contributed by atoms with Gasteiger partial charge in [-0.15, -0.1) is 11.3 Å². The lowest BCUT2D eigenvalue weighted by atomic mass is 9.96. The molecule has 1 N–H and O–H groups in total. The van der Waals surface area contributed by atoms with Gasteiger partial charge in [0, 0.05) is 31.3 Å². The lowest BCUT2D eigenvalue weighted by molar-refractivity contribution is -0.119. The summed E-state index contributed by atoms with van der Waals surface area (Å²) in [4.78, 5) is 26.3. The number of rotatable bonds is 3. The molecule has 1 saturated heterocycles. The first kappa shape index (κ1) is 15.0. The second-order valence-electron chi connectivity index (χ2n) is 5.82. The van der Waals surface area contributed by atoms with Gasteiger partial charge in [0.25, 0.3) is 5.91 Å². The molecule has 0 atom stereocenters. The lowest BCUT2D eigenvalue weighted by Crippen LogP contribution is -2.41. The standard InChI is InChI=1S/C17H20N2O2S/c1-12(20)18-11-13-6-8-19(9-7-13)17(21)16-10-14-4-2-3-5-15(14)22-16/h2-5,10,13H,6-9,11H2,1H3,(H,18,20). The number of carbonyl (C=O) groups is 2. The summed E-state index contributed by atoms with van der Waals surface area (Å²) in [6.45, 7) is 3.81. The molecule has 4 nitrogen and oxygen atoms in total. The number of nitrogens with one attached hydrogen (secondary N) is 1. The fourth-order valence-corrected chi connectivity index (χ4v) is 3.90. The van der Waals surface area contributed by atoms with Crippen molar-refractivity contribution in [3.63, 3.8) is 0 Å². The third-order valence-corrected chi connectivity index (χ3v) is 5.28. The zero-order valence-electron chi connectivity index (χ0n) is 12.7. The number of piperidine rings is 1. The molecule has 1 aliphatic rings. The maximum atomic E-state index is 12.6. The van der Waals surface area contributed by atoms with Gasteiger partial charge in [0.2, 0.25) is 5.91 Å². The average Bonchev–Trinajstić information content (AvgIpc) is 2.96. The van der Waals surface area contributed by atoms with Gasteiger partial charge >= 0.3 is 0 Å². The van der Waals surface area contributed by atoms with Crippen molar-refractivity contribution in [2.45, 2.75) is 19.8 Å². The van der Waals surface area contributed by atoms with Crippen LogP contribution in [0.15, 0.2) is 30.3 Å². The van der Waals surface area contributed by atoms with Crippen LogP contribution in [0.5, 0.6) is 0 Å². The number of hydrogen-bond acceptors (Lipinski definition) is 3. The second-order valence-corrected chi connectivity index (χ2v) is 6.90. The normalized spacial score (nSPS) is 16.0. The summed E-state index contributed by atoms with van der Waals surface area (Å²) < 4.78 is 1.16. The lowest BCUT2D eigenvalue weighted by Gasteiger charge is -2.31. The first-order valence-electron chi connectivity index (χ1n) is 7.66. The van der Waals surface area contributed by atoms with Crippen LogP contribution < -0.4 is 5.32 Å². The number of hydrogen-bond donors (Lipinski definition) is 1. The highest BCUT2D eigenvalue weighted by atomic mass is 32.1. The number of thiophene rings is 1. The maximum Gasteiger partial charge on any atom is 0.263 e. The summed E-state index contributed by atoms with van der Waals surface area (Å²) in [5.74, 6) is 0.637. The van der Waals surface area contributed by atoms with Crippen molar-refractivity contribution in [1.29, 1.82) is 0 Å². The van der Waals surface area contributed by atoms with Gasteiger partial charge in [-0.05, 0) is 36.3 Å². The van der Waals surface area contributed by atoms with Crippen molar-refractivity contribution in [1.82, 2.24) is 10.2 Å². The van der Waals surface area contributed by atoms with Crippen LogP contribution in [0.1, 0.15) is 29.4 Å². The Labute approximate surface area is 134 Å². The van der Waals surface area contributed by atoms with Gasteiger partial charge in [-0.25, -0.2) is 0 Å². The van der Waals surface area contributed by atoms with Crippen molar-refractivity contribution in [3.05, 3.63) is 35.2 Å². The minimum atomic E-state index is 0.0174. The number of fused-ring (bicyclic) bond motifs is 1. The second kappa shape index (κ2) is 6.48. The molecule has 3 rings (SSSR count).